The van der Waals surface area contributed by atoms with Crippen LogP contribution in [0.3, 0.4) is 0 Å². The lowest BCUT2D eigenvalue weighted by Crippen LogP contribution is -2.35. The molecule has 28 heavy (non-hydrogen) atoms. The number of benzene rings is 2. The second-order valence-corrected chi connectivity index (χ2v) is 6.66. The Labute approximate surface area is 162 Å². The number of ether oxygens (including phenoxy) is 2. The highest BCUT2D eigenvalue weighted by molar-refractivity contribution is 6.33. The molecule has 0 radical (unpaired) electrons. The molecule has 7 nitrogen and oxygen atoms in total. The Balaban J connectivity index is 1.81. The lowest BCUT2D eigenvalue weighted by atomic mass is 10.0. The normalized spacial score (nSPS) is 18.4. The first-order chi connectivity index (χ1) is 13.5. The van der Waals surface area contributed by atoms with Crippen LogP contribution in [0, 0.1) is 13.8 Å². The van der Waals surface area contributed by atoms with Crippen molar-refractivity contribution in [2.24, 2.45) is 0 Å². The summed E-state index contributed by atoms with van der Waals surface area (Å²) in [5, 5.41) is 0. The molecule has 2 amide bonds. The van der Waals surface area contributed by atoms with Crippen molar-refractivity contribution in [3.63, 3.8) is 0 Å². The summed E-state index contributed by atoms with van der Waals surface area (Å²) >= 11 is 0. The number of fused-ring (bicyclic) bond motifs is 1. The van der Waals surface area contributed by atoms with E-state index in [1.807, 2.05) is 26.0 Å². The number of anilines is 1. The summed E-state index contributed by atoms with van der Waals surface area (Å²) in [7, 11) is 3.08. The number of carbonyl (C=O) groups excluding carboxylic acids is 2. The molecule has 2 heterocycles. The topological polar surface area (TPSA) is 77.1 Å². The predicted molar refractivity (Wildman–Crippen MR) is 103 cm³/mol. The van der Waals surface area contributed by atoms with E-state index in [2.05, 4.69) is 5.48 Å². The van der Waals surface area contributed by atoms with Gasteiger partial charge in [-0.2, -0.15) is 0 Å². The van der Waals surface area contributed by atoms with Gasteiger partial charge in [-0.1, -0.05) is 12.1 Å². The van der Waals surface area contributed by atoms with Gasteiger partial charge in [0.2, 0.25) is 0 Å². The minimum Gasteiger partial charge on any atom is -0.493 e. The number of nitrogens with zero attached hydrogens (tertiary/aromatic N) is 1. The van der Waals surface area contributed by atoms with Crippen molar-refractivity contribution in [3.8, 4) is 11.5 Å². The van der Waals surface area contributed by atoms with Crippen LogP contribution in [0.4, 0.5) is 5.69 Å². The molecule has 1 fully saturated rings. The SMILES string of the molecule is COc1ccc(C2=C3C(=O)N(c4cccc(C)c4C)C(=O)[C@H]3ON2)cc1OC. The summed E-state index contributed by atoms with van der Waals surface area (Å²) < 4.78 is 10.6. The van der Waals surface area contributed by atoms with Gasteiger partial charge in [0.05, 0.1) is 31.2 Å². The van der Waals surface area contributed by atoms with E-state index < -0.39 is 17.9 Å². The zero-order valence-corrected chi connectivity index (χ0v) is 16.0. The predicted octanol–water partition coefficient (Wildman–Crippen LogP) is 2.51. The van der Waals surface area contributed by atoms with Crippen molar-refractivity contribution in [2.45, 2.75) is 20.0 Å². The van der Waals surface area contributed by atoms with E-state index in [1.54, 1.807) is 31.4 Å². The molecule has 0 aromatic heterocycles. The minimum absolute atomic E-state index is 0.290. The largest absolute Gasteiger partial charge is 0.493 e. The maximum Gasteiger partial charge on any atom is 0.270 e. The number of hydrogen-bond acceptors (Lipinski definition) is 6. The average molecular weight is 380 g/mol. The number of carbonyl (C=O) groups is 2. The Kier molecular flexibility index (Phi) is 4.31. The molecule has 0 bridgehead atoms. The van der Waals surface area contributed by atoms with E-state index in [1.165, 1.54) is 12.0 Å². The van der Waals surface area contributed by atoms with Crippen LogP contribution in [-0.4, -0.2) is 32.1 Å². The van der Waals surface area contributed by atoms with Crippen molar-refractivity contribution in [1.82, 2.24) is 5.48 Å². The van der Waals surface area contributed by atoms with Crippen LogP contribution in [0.15, 0.2) is 42.0 Å². The summed E-state index contributed by atoms with van der Waals surface area (Å²) in [5.74, 6) is 0.287. The van der Waals surface area contributed by atoms with Crippen LogP contribution >= 0.6 is 0 Å². The first-order valence-corrected chi connectivity index (χ1v) is 8.80. The smallest absolute Gasteiger partial charge is 0.270 e. The van der Waals surface area contributed by atoms with Crippen molar-refractivity contribution in [1.29, 1.82) is 0 Å². The fourth-order valence-corrected chi connectivity index (χ4v) is 3.51. The zero-order valence-electron chi connectivity index (χ0n) is 16.0. The van der Waals surface area contributed by atoms with E-state index in [0.717, 1.165) is 11.1 Å². The minimum atomic E-state index is -0.976. The van der Waals surface area contributed by atoms with Crippen molar-refractivity contribution >= 4 is 23.2 Å². The van der Waals surface area contributed by atoms with E-state index in [0.29, 0.717) is 28.4 Å². The Bertz CT molecular complexity index is 1030. The van der Waals surface area contributed by atoms with Gasteiger partial charge in [0.15, 0.2) is 17.6 Å². The number of methoxy groups -OCH3 is 2. The molecule has 0 saturated carbocycles. The van der Waals surface area contributed by atoms with Gasteiger partial charge in [0.1, 0.15) is 0 Å². The second-order valence-electron chi connectivity index (χ2n) is 6.66. The third kappa shape index (κ3) is 2.55. The molecule has 0 aliphatic carbocycles. The van der Waals surface area contributed by atoms with Crippen LogP contribution in [0.5, 0.6) is 11.5 Å². The maximum atomic E-state index is 13.2. The van der Waals surface area contributed by atoms with Gasteiger partial charge in [0, 0.05) is 5.56 Å². The van der Waals surface area contributed by atoms with E-state index in [4.69, 9.17) is 14.3 Å². The van der Waals surface area contributed by atoms with Crippen molar-refractivity contribution < 1.29 is 23.9 Å². The van der Waals surface area contributed by atoms with Gasteiger partial charge in [0.25, 0.3) is 11.8 Å². The lowest BCUT2D eigenvalue weighted by molar-refractivity contribution is -0.127. The number of hydroxylamine groups is 1. The molecular formula is C21H20N2O5. The highest BCUT2D eigenvalue weighted by Crippen LogP contribution is 2.39. The fourth-order valence-electron chi connectivity index (χ4n) is 3.51. The number of hydrogen-bond donors (Lipinski definition) is 1. The first kappa shape index (κ1) is 18.1. The quantitative estimate of drug-likeness (QED) is 0.822. The molecule has 2 aromatic carbocycles. The molecule has 0 spiro atoms. The lowest BCUT2D eigenvalue weighted by Gasteiger charge is -2.19. The van der Waals surface area contributed by atoms with Crippen LogP contribution in [0.2, 0.25) is 0 Å². The summed E-state index contributed by atoms with van der Waals surface area (Å²) in [5.41, 5.74) is 6.61. The molecule has 4 rings (SSSR count). The van der Waals surface area contributed by atoms with Crippen LogP contribution in [0.1, 0.15) is 16.7 Å². The third-order valence-electron chi connectivity index (χ3n) is 5.18. The number of nitrogens with one attached hydrogen (secondary N) is 1. The molecule has 1 atom stereocenters. The van der Waals surface area contributed by atoms with E-state index in [-0.39, 0.29) is 5.57 Å². The molecule has 2 aliphatic heterocycles. The first-order valence-electron chi connectivity index (χ1n) is 8.80. The Morgan fingerprint density at radius 3 is 2.50 bits per heavy atom. The highest BCUT2D eigenvalue weighted by Gasteiger charge is 2.51. The highest BCUT2D eigenvalue weighted by atomic mass is 16.7. The van der Waals surface area contributed by atoms with E-state index in [9.17, 15) is 9.59 Å². The molecule has 0 unspecified atom stereocenters. The molecule has 1 saturated heterocycles. The van der Waals surface area contributed by atoms with Gasteiger partial charge in [-0.15, -0.1) is 0 Å². The van der Waals surface area contributed by atoms with E-state index >= 15 is 0 Å². The van der Waals surface area contributed by atoms with Crippen LogP contribution < -0.4 is 19.9 Å². The molecule has 2 aromatic rings. The fraction of sp³-hybridized carbons (Fsp3) is 0.238. The summed E-state index contributed by atoms with van der Waals surface area (Å²) in [4.78, 5) is 32.8. The molecule has 144 valence electrons. The summed E-state index contributed by atoms with van der Waals surface area (Å²) in [6.45, 7) is 3.83. The van der Waals surface area contributed by atoms with Gasteiger partial charge in [-0.3, -0.25) is 19.9 Å². The Hall–Kier alpha value is -3.32. The standard InChI is InChI=1S/C21H20N2O5/c1-11-6-5-7-14(12(11)2)23-20(24)17-18(22-28-19(17)21(23)25)13-8-9-15(26-3)16(10-13)27-4/h5-10,19,22H,1-4H3/t19-/m0/s1. The van der Waals surface area contributed by atoms with Crippen LogP contribution in [-0.2, 0) is 14.4 Å². The number of aryl methyl sites for hydroxylation is 1. The number of rotatable bonds is 4. The second kappa shape index (κ2) is 6.69. The molecular weight excluding hydrogens is 360 g/mol. The monoisotopic (exact) mass is 380 g/mol. The van der Waals surface area contributed by atoms with Gasteiger partial charge in [-0.05, 0) is 49.2 Å². The maximum absolute atomic E-state index is 13.2. The van der Waals surface area contributed by atoms with Crippen molar-refractivity contribution in [3.05, 3.63) is 58.7 Å². The van der Waals surface area contributed by atoms with Crippen LogP contribution in [0.25, 0.3) is 5.70 Å². The number of imide groups is 1. The summed E-state index contributed by atoms with van der Waals surface area (Å²) in [6.07, 6.45) is -0.976. The zero-order chi connectivity index (χ0) is 20.0. The summed E-state index contributed by atoms with van der Waals surface area (Å²) in [6, 6.07) is 10.8. The molecule has 7 heteroatoms. The van der Waals surface area contributed by atoms with Gasteiger partial charge >= 0.3 is 0 Å². The Morgan fingerprint density at radius 1 is 1.04 bits per heavy atom. The van der Waals surface area contributed by atoms with Gasteiger partial charge in [-0.25, -0.2) is 4.90 Å². The Morgan fingerprint density at radius 2 is 1.79 bits per heavy atom. The van der Waals surface area contributed by atoms with Gasteiger partial charge < -0.3 is 9.47 Å². The molecule has 1 N–H and O–H groups in total. The molecule has 2 aliphatic rings. The van der Waals surface area contributed by atoms with Crippen molar-refractivity contribution in [2.75, 3.05) is 19.1 Å². The number of amides is 2. The third-order valence-corrected chi connectivity index (χ3v) is 5.18. The average Bonchev–Trinajstić information content (AvgIpc) is 3.24.